The Kier molecular flexibility index (Phi) is 4.03. The minimum atomic E-state index is -1.69. The number of nitrogens with one attached hydrogen (secondary N) is 1. The molecule has 122 valence electrons. The summed E-state index contributed by atoms with van der Waals surface area (Å²) in [6, 6.07) is 7.86. The summed E-state index contributed by atoms with van der Waals surface area (Å²) in [4.78, 5) is 16.0. The number of halogens is 3. The molecule has 0 saturated heterocycles. The molecule has 3 aromatic rings. The van der Waals surface area contributed by atoms with E-state index >= 15 is 0 Å². The van der Waals surface area contributed by atoms with Crippen molar-refractivity contribution in [1.29, 1.82) is 0 Å². The van der Waals surface area contributed by atoms with E-state index in [1.54, 1.807) is 19.1 Å². The monoisotopic (exact) mass is 333 g/mol. The number of hydrogen-bond donors (Lipinski definition) is 1. The number of carbonyl (C=O) groups excluding carboxylic acids is 1. The molecule has 8 heteroatoms. The number of hydrogen-bond acceptors (Lipinski definition) is 4. The average Bonchev–Trinajstić information content (AvgIpc) is 3.00. The number of carbonyl (C=O) groups is 1. The van der Waals surface area contributed by atoms with Gasteiger partial charge in [0.15, 0.2) is 23.3 Å². The van der Waals surface area contributed by atoms with Crippen molar-refractivity contribution in [3.63, 3.8) is 0 Å². The summed E-state index contributed by atoms with van der Waals surface area (Å²) in [5.74, 6) is -4.68. The fourth-order valence-corrected chi connectivity index (χ4v) is 2.01. The van der Waals surface area contributed by atoms with Gasteiger partial charge in [-0.2, -0.15) is 4.98 Å². The minimum Gasteiger partial charge on any atom is -0.334 e. The molecule has 0 saturated carbocycles. The maximum absolute atomic E-state index is 13.6. The van der Waals surface area contributed by atoms with Crippen LogP contribution in [0.4, 0.5) is 18.9 Å². The third-order valence-corrected chi connectivity index (χ3v) is 3.20. The molecular weight excluding hydrogens is 323 g/mol. The van der Waals surface area contributed by atoms with Gasteiger partial charge < -0.3 is 9.84 Å². The van der Waals surface area contributed by atoms with E-state index in [4.69, 9.17) is 4.52 Å². The smallest absolute Gasteiger partial charge is 0.258 e. The first-order valence-corrected chi connectivity index (χ1v) is 6.81. The van der Waals surface area contributed by atoms with Gasteiger partial charge in [-0.1, -0.05) is 5.16 Å². The predicted molar refractivity (Wildman–Crippen MR) is 78.7 cm³/mol. The molecule has 0 spiro atoms. The second kappa shape index (κ2) is 6.15. The molecule has 0 unspecified atom stereocenters. The van der Waals surface area contributed by atoms with Crippen LogP contribution in [0.1, 0.15) is 16.2 Å². The molecule has 0 radical (unpaired) electrons. The maximum Gasteiger partial charge on any atom is 0.258 e. The van der Waals surface area contributed by atoms with Gasteiger partial charge in [0, 0.05) is 11.3 Å². The summed E-state index contributed by atoms with van der Waals surface area (Å²) in [5, 5.41) is 6.06. The molecule has 1 aromatic heterocycles. The van der Waals surface area contributed by atoms with Gasteiger partial charge in [0.2, 0.25) is 0 Å². The van der Waals surface area contributed by atoms with E-state index in [1.807, 2.05) is 0 Å². The van der Waals surface area contributed by atoms with Gasteiger partial charge in [-0.05, 0) is 43.3 Å². The Hall–Kier alpha value is -3.16. The van der Waals surface area contributed by atoms with Crippen LogP contribution in [-0.4, -0.2) is 16.0 Å². The molecular formula is C16H10F3N3O2. The van der Waals surface area contributed by atoms with E-state index in [1.165, 1.54) is 12.1 Å². The fraction of sp³-hybridized carbons (Fsp3) is 0.0625. The van der Waals surface area contributed by atoms with Crippen molar-refractivity contribution in [3.05, 3.63) is 65.2 Å². The van der Waals surface area contributed by atoms with Crippen LogP contribution in [0, 0.1) is 24.4 Å². The van der Waals surface area contributed by atoms with Crippen LogP contribution in [0.15, 0.2) is 40.9 Å². The fourth-order valence-electron chi connectivity index (χ4n) is 2.01. The van der Waals surface area contributed by atoms with Gasteiger partial charge in [0.05, 0.1) is 5.56 Å². The van der Waals surface area contributed by atoms with Gasteiger partial charge in [-0.3, -0.25) is 4.79 Å². The Bertz CT molecular complexity index is 907. The standard InChI is InChI=1S/C16H10F3N3O2/c1-8-20-16(24-22-8)9-2-4-10(5-3-9)21-15(23)11-6-7-12(17)14(19)13(11)18/h2-7H,1H3,(H,21,23). The number of nitrogens with zero attached hydrogens (tertiary/aromatic N) is 2. The molecule has 0 atom stereocenters. The second-order valence-corrected chi connectivity index (χ2v) is 4.90. The average molecular weight is 333 g/mol. The van der Waals surface area contributed by atoms with Crippen LogP contribution in [-0.2, 0) is 0 Å². The zero-order chi connectivity index (χ0) is 17.3. The lowest BCUT2D eigenvalue weighted by molar-refractivity contribution is 0.102. The molecule has 1 N–H and O–H groups in total. The first-order chi connectivity index (χ1) is 11.5. The molecule has 0 aliphatic heterocycles. The van der Waals surface area contributed by atoms with Crippen molar-refractivity contribution >= 4 is 11.6 Å². The normalized spacial score (nSPS) is 10.7. The highest BCUT2D eigenvalue weighted by Crippen LogP contribution is 2.21. The van der Waals surface area contributed by atoms with Crippen LogP contribution in [0.5, 0.6) is 0 Å². The molecule has 3 rings (SSSR count). The number of amides is 1. The van der Waals surface area contributed by atoms with E-state index in [-0.39, 0.29) is 0 Å². The number of aryl methyl sites for hydroxylation is 1. The number of anilines is 1. The molecule has 2 aromatic carbocycles. The Morgan fingerprint density at radius 1 is 1.04 bits per heavy atom. The predicted octanol–water partition coefficient (Wildman–Crippen LogP) is 3.71. The van der Waals surface area contributed by atoms with Crippen LogP contribution >= 0.6 is 0 Å². The molecule has 0 aliphatic rings. The molecule has 0 aliphatic carbocycles. The van der Waals surface area contributed by atoms with E-state index in [2.05, 4.69) is 15.5 Å². The van der Waals surface area contributed by atoms with Crippen LogP contribution in [0.25, 0.3) is 11.5 Å². The quantitative estimate of drug-likeness (QED) is 0.742. The number of aromatic nitrogens is 2. The summed E-state index contributed by atoms with van der Waals surface area (Å²) in [7, 11) is 0. The molecule has 1 amide bonds. The number of rotatable bonds is 3. The summed E-state index contributed by atoms with van der Waals surface area (Å²) in [6.07, 6.45) is 0. The SMILES string of the molecule is Cc1noc(-c2ccc(NC(=O)c3ccc(F)c(F)c3F)cc2)n1. The van der Waals surface area contributed by atoms with Crippen LogP contribution < -0.4 is 5.32 Å². The van der Waals surface area contributed by atoms with Crippen molar-refractivity contribution < 1.29 is 22.5 Å². The van der Waals surface area contributed by atoms with E-state index in [0.717, 1.165) is 6.07 Å². The maximum atomic E-state index is 13.6. The zero-order valence-corrected chi connectivity index (χ0v) is 12.3. The molecule has 24 heavy (non-hydrogen) atoms. The lowest BCUT2D eigenvalue weighted by Gasteiger charge is -2.07. The van der Waals surface area contributed by atoms with Gasteiger partial charge in [-0.25, -0.2) is 13.2 Å². The molecule has 1 heterocycles. The Labute approximate surface area is 134 Å². The van der Waals surface area contributed by atoms with Crippen LogP contribution in [0.3, 0.4) is 0 Å². The highest BCUT2D eigenvalue weighted by Gasteiger charge is 2.19. The molecule has 0 bridgehead atoms. The minimum absolute atomic E-state index is 0.317. The van der Waals surface area contributed by atoms with Crippen LogP contribution in [0.2, 0.25) is 0 Å². The number of benzene rings is 2. The van der Waals surface area contributed by atoms with E-state index in [0.29, 0.717) is 29.0 Å². The lowest BCUT2D eigenvalue weighted by atomic mass is 10.1. The van der Waals surface area contributed by atoms with Gasteiger partial charge in [-0.15, -0.1) is 0 Å². The molecule has 0 fully saturated rings. The summed E-state index contributed by atoms with van der Waals surface area (Å²) in [5.41, 5.74) is 0.377. The Morgan fingerprint density at radius 2 is 1.75 bits per heavy atom. The van der Waals surface area contributed by atoms with Crippen molar-refractivity contribution in [2.75, 3.05) is 5.32 Å². The second-order valence-electron chi connectivity index (χ2n) is 4.90. The lowest BCUT2D eigenvalue weighted by Crippen LogP contribution is -2.15. The first-order valence-electron chi connectivity index (χ1n) is 6.81. The summed E-state index contributed by atoms with van der Waals surface area (Å²) in [6.45, 7) is 1.68. The third kappa shape index (κ3) is 2.98. The van der Waals surface area contributed by atoms with Gasteiger partial charge in [0.1, 0.15) is 0 Å². The highest BCUT2D eigenvalue weighted by molar-refractivity contribution is 6.04. The summed E-state index contributed by atoms with van der Waals surface area (Å²) >= 11 is 0. The zero-order valence-electron chi connectivity index (χ0n) is 12.3. The Morgan fingerprint density at radius 3 is 2.38 bits per heavy atom. The van der Waals surface area contributed by atoms with Gasteiger partial charge >= 0.3 is 0 Å². The van der Waals surface area contributed by atoms with Crippen molar-refractivity contribution in [3.8, 4) is 11.5 Å². The van der Waals surface area contributed by atoms with Crippen molar-refractivity contribution in [2.45, 2.75) is 6.92 Å². The van der Waals surface area contributed by atoms with Crippen molar-refractivity contribution in [2.24, 2.45) is 0 Å². The molecule has 5 nitrogen and oxygen atoms in total. The topological polar surface area (TPSA) is 68.0 Å². The van der Waals surface area contributed by atoms with E-state index < -0.39 is 28.9 Å². The van der Waals surface area contributed by atoms with Crippen molar-refractivity contribution in [1.82, 2.24) is 10.1 Å². The third-order valence-electron chi connectivity index (χ3n) is 3.20. The largest absolute Gasteiger partial charge is 0.334 e. The van der Waals surface area contributed by atoms with Gasteiger partial charge in [0.25, 0.3) is 11.8 Å². The Balaban J connectivity index is 1.79. The first kappa shape index (κ1) is 15.7. The summed E-state index contributed by atoms with van der Waals surface area (Å²) < 4.78 is 44.7. The highest BCUT2D eigenvalue weighted by atomic mass is 19.2. The van der Waals surface area contributed by atoms with E-state index in [9.17, 15) is 18.0 Å².